The third-order valence-corrected chi connectivity index (χ3v) is 6.38. The maximum absolute atomic E-state index is 13.2. The van der Waals surface area contributed by atoms with Gasteiger partial charge in [0.2, 0.25) is 11.8 Å². The van der Waals surface area contributed by atoms with Gasteiger partial charge in [-0.15, -0.1) is 5.10 Å². The van der Waals surface area contributed by atoms with Crippen LogP contribution in [-0.2, 0) is 19.1 Å². The van der Waals surface area contributed by atoms with Crippen molar-refractivity contribution in [3.05, 3.63) is 52.8 Å². The van der Waals surface area contributed by atoms with Gasteiger partial charge in [0.1, 0.15) is 17.3 Å². The summed E-state index contributed by atoms with van der Waals surface area (Å²) in [6, 6.07) is 11.7. The van der Waals surface area contributed by atoms with E-state index in [0.29, 0.717) is 43.0 Å². The number of piperidine rings is 1. The Morgan fingerprint density at radius 3 is 2.58 bits per heavy atom. The zero-order chi connectivity index (χ0) is 28.3. The maximum atomic E-state index is 13.2. The van der Waals surface area contributed by atoms with Crippen LogP contribution in [0.4, 0.5) is 11.4 Å². The second kappa shape index (κ2) is 14.2. The third kappa shape index (κ3) is 7.85. The molecule has 3 N–H and O–H groups in total. The number of fused-ring (bicyclic) bond motifs is 1. The minimum atomic E-state index is -0.863. The highest BCUT2D eigenvalue weighted by molar-refractivity contribution is 5.99. The minimum Gasteiger partial charge on any atom is -0.494 e. The van der Waals surface area contributed by atoms with Crippen molar-refractivity contribution in [3.63, 3.8) is 0 Å². The van der Waals surface area contributed by atoms with E-state index in [1.807, 2.05) is 24.3 Å². The number of hydrogen-bond donors (Lipinski definition) is 3. The SMILES string of the molecule is CC(=O)Nc1ccc(OCCCCCOCCCNc2cccc3nnn(C4CCC(=O)NC4=O)c(=O)c23)cc1. The van der Waals surface area contributed by atoms with E-state index in [1.165, 1.54) is 6.92 Å². The number of rotatable bonds is 14. The van der Waals surface area contributed by atoms with Gasteiger partial charge in [-0.3, -0.25) is 24.5 Å². The monoisotopic (exact) mass is 550 g/mol. The number of unbranched alkanes of at least 4 members (excludes halogenated alkanes) is 2. The predicted octanol–water partition coefficient (Wildman–Crippen LogP) is 2.80. The summed E-state index contributed by atoms with van der Waals surface area (Å²) >= 11 is 0. The van der Waals surface area contributed by atoms with E-state index >= 15 is 0 Å². The number of imide groups is 1. The first-order valence-electron chi connectivity index (χ1n) is 13.5. The number of carbonyl (C=O) groups excluding carboxylic acids is 3. The predicted molar refractivity (Wildman–Crippen MR) is 149 cm³/mol. The van der Waals surface area contributed by atoms with Crippen molar-refractivity contribution in [2.24, 2.45) is 0 Å². The van der Waals surface area contributed by atoms with Crippen LogP contribution < -0.4 is 26.2 Å². The summed E-state index contributed by atoms with van der Waals surface area (Å²) in [6.45, 7) is 3.92. The van der Waals surface area contributed by atoms with Gasteiger partial charge < -0.3 is 20.1 Å². The number of anilines is 2. The maximum Gasteiger partial charge on any atom is 0.280 e. The van der Waals surface area contributed by atoms with Crippen LogP contribution in [0.2, 0.25) is 0 Å². The molecule has 3 amide bonds. The molecule has 1 unspecified atom stereocenters. The molecule has 0 saturated carbocycles. The van der Waals surface area contributed by atoms with Crippen LogP contribution in [0, 0.1) is 0 Å². The second-order valence-electron chi connectivity index (χ2n) is 9.51. The lowest BCUT2D eigenvalue weighted by atomic mass is 10.1. The topological polar surface area (TPSA) is 154 Å². The van der Waals surface area contributed by atoms with E-state index in [4.69, 9.17) is 9.47 Å². The zero-order valence-corrected chi connectivity index (χ0v) is 22.5. The Kier molecular flexibility index (Phi) is 10.2. The molecule has 0 aliphatic carbocycles. The quantitative estimate of drug-likeness (QED) is 0.203. The Morgan fingerprint density at radius 1 is 1.02 bits per heavy atom. The summed E-state index contributed by atoms with van der Waals surface area (Å²) in [7, 11) is 0. The number of hydrogen-bond acceptors (Lipinski definition) is 9. The third-order valence-electron chi connectivity index (χ3n) is 6.38. The van der Waals surface area contributed by atoms with E-state index in [9.17, 15) is 19.2 Å². The number of ether oxygens (including phenoxy) is 2. The van der Waals surface area contributed by atoms with Crippen molar-refractivity contribution in [3.8, 4) is 5.75 Å². The molecule has 0 spiro atoms. The van der Waals surface area contributed by atoms with Gasteiger partial charge in [0.25, 0.3) is 11.5 Å². The molecule has 1 fully saturated rings. The first-order chi connectivity index (χ1) is 19.4. The minimum absolute atomic E-state index is 0.105. The van der Waals surface area contributed by atoms with Crippen LogP contribution in [0.1, 0.15) is 51.5 Å². The highest BCUT2D eigenvalue weighted by atomic mass is 16.5. The molecule has 2 heterocycles. The number of benzene rings is 2. The largest absolute Gasteiger partial charge is 0.494 e. The number of nitrogens with zero attached hydrogens (tertiary/aromatic N) is 3. The normalized spacial score (nSPS) is 15.1. The van der Waals surface area contributed by atoms with Crippen molar-refractivity contribution in [2.75, 3.05) is 37.0 Å². The summed E-state index contributed by atoms with van der Waals surface area (Å²) in [6.07, 6.45) is 3.93. The zero-order valence-electron chi connectivity index (χ0n) is 22.5. The molecule has 0 radical (unpaired) electrons. The first-order valence-corrected chi connectivity index (χ1v) is 13.5. The Hall–Kier alpha value is -4.32. The molecule has 12 nitrogen and oxygen atoms in total. The highest BCUT2D eigenvalue weighted by Crippen LogP contribution is 2.21. The van der Waals surface area contributed by atoms with Gasteiger partial charge in [-0.25, -0.2) is 0 Å². The van der Waals surface area contributed by atoms with E-state index in [-0.39, 0.29) is 24.7 Å². The Balaban J connectivity index is 1.14. The molecular formula is C28H34N6O6. The summed E-state index contributed by atoms with van der Waals surface area (Å²) in [5, 5.41) is 16.7. The standard InChI is InChI=1S/C28H34N6O6/c1-19(35)30-20-9-11-21(12-10-20)40-18-4-2-3-16-39-17-6-15-29-22-7-5-8-23-26(22)28(38)34(33-32-23)24-13-14-25(36)31-27(24)37/h5,7-12,24,29H,2-4,6,13-18H2,1H3,(H,30,35)(H,31,36,37). The average molecular weight is 551 g/mol. The van der Waals surface area contributed by atoms with Crippen molar-refractivity contribution >= 4 is 40.0 Å². The first kappa shape index (κ1) is 28.7. The Labute approximate surface area is 231 Å². The Bertz CT molecular complexity index is 1390. The molecule has 212 valence electrons. The summed E-state index contributed by atoms with van der Waals surface area (Å²) in [4.78, 5) is 48.0. The average Bonchev–Trinajstić information content (AvgIpc) is 2.93. The van der Waals surface area contributed by atoms with Gasteiger partial charge in [-0.2, -0.15) is 4.68 Å². The Morgan fingerprint density at radius 2 is 1.80 bits per heavy atom. The van der Waals surface area contributed by atoms with Gasteiger partial charge in [0.15, 0.2) is 0 Å². The lowest BCUT2D eigenvalue weighted by Crippen LogP contribution is -2.45. The molecule has 3 aromatic rings. The molecule has 12 heteroatoms. The van der Waals surface area contributed by atoms with Gasteiger partial charge in [-0.1, -0.05) is 11.3 Å². The second-order valence-corrected chi connectivity index (χ2v) is 9.51. The fourth-order valence-electron chi connectivity index (χ4n) is 4.38. The van der Waals surface area contributed by atoms with Crippen LogP contribution in [-0.4, -0.2) is 59.1 Å². The van der Waals surface area contributed by atoms with E-state index < -0.39 is 17.5 Å². The highest BCUT2D eigenvalue weighted by Gasteiger charge is 2.30. The van der Waals surface area contributed by atoms with Gasteiger partial charge in [0, 0.05) is 44.5 Å². The number of aromatic nitrogens is 3. The molecule has 2 aromatic carbocycles. The van der Waals surface area contributed by atoms with Crippen molar-refractivity contribution < 1.29 is 23.9 Å². The van der Waals surface area contributed by atoms with Gasteiger partial charge in [0.05, 0.1) is 12.0 Å². The lowest BCUT2D eigenvalue weighted by molar-refractivity contribution is -0.136. The molecule has 1 aromatic heterocycles. The summed E-state index contributed by atoms with van der Waals surface area (Å²) in [5.74, 6) is -0.237. The van der Waals surface area contributed by atoms with Crippen LogP contribution in [0.25, 0.3) is 10.9 Å². The van der Waals surface area contributed by atoms with E-state index in [1.54, 1.807) is 18.2 Å². The van der Waals surface area contributed by atoms with Crippen LogP contribution in [0.5, 0.6) is 5.75 Å². The van der Waals surface area contributed by atoms with Gasteiger partial charge in [-0.05, 0) is 68.5 Å². The summed E-state index contributed by atoms with van der Waals surface area (Å²) in [5.41, 5.74) is 1.36. The van der Waals surface area contributed by atoms with Crippen LogP contribution >= 0.6 is 0 Å². The molecule has 40 heavy (non-hydrogen) atoms. The molecule has 0 bridgehead atoms. The number of nitrogens with one attached hydrogen (secondary N) is 3. The smallest absolute Gasteiger partial charge is 0.280 e. The molecule has 1 atom stereocenters. The number of carbonyl (C=O) groups is 3. The van der Waals surface area contributed by atoms with E-state index in [2.05, 4.69) is 26.3 Å². The lowest BCUT2D eigenvalue weighted by Gasteiger charge is -2.21. The van der Waals surface area contributed by atoms with E-state index in [0.717, 1.165) is 41.8 Å². The molecule has 1 aliphatic heterocycles. The molecular weight excluding hydrogens is 516 g/mol. The molecule has 1 aliphatic rings. The van der Waals surface area contributed by atoms with Crippen molar-refractivity contribution in [1.29, 1.82) is 0 Å². The molecule has 1 saturated heterocycles. The fourth-order valence-corrected chi connectivity index (χ4v) is 4.38. The summed E-state index contributed by atoms with van der Waals surface area (Å²) < 4.78 is 12.5. The van der Waals surface area contributed by atoms with Crippen LogP contribution in [0.15, 0.2) is 47.3 Å². The van der Waals surface area contributed by atoms with Crippen LogP contribution in [0.3, 0.4) is 0 Å². The molecule has 4 rings (SSSR count). The van der Waals surface area contributed by atoms with Crippen molar-refractivity contribution in [1.82, 2.24) is 20.3 Å². The fraction of sp³-hybridized carbons (Fsp3) is 0.429. The number of amides is 3. The van der Waals surface area contributed by atoms with Crippen molar-refractivity contribution in [2.45, 2.75) is 51.5 Å². The van der Waals surface area contributed by atoms with Gasteiger partial charge >= 0.3 is 0 Å².